The van der Waals surface area contributed by atoms with Crippen LogP contribution < -0.4 is 5.32 Å². The highest BCUT2D eigenvalue weighted by atomic mass is 79.9. The van der Waals surface area contributed by atoms with Gasteiger partial charge in [0.1, 0.15) is 0 Å². The third-order valence-corrected chi connectivity index (χ3v) is 4.50. The molecule has 1 aliphatic carbocycles. The molecule has 0 amide bonds. The van der Waals surface area contributed by atoms with Gasteiger partial charge in [-0.15, -0.1) is 0 Å². The van der Waals surface area contributed by atoms with Crippen molar-refractivity contribution < 1.29 is 0 Å². The van der Waals surface area contributed by atoms with Gasteiger partial charge < -0.3 is 5.32 Å². The van der Waals surface area contributed by atoms with Crippen LogP contribution in [-0.2, 0) is 6.42 Å². The van der Waals surface area contributed by atoms with Gasteiger partial charge in [0.25, 0.3) is 0 Å². The Bertz CT molecular complexity index is 493. The van der Waals surface area contributed by atoms with E-state index in [9.17, 15) is 0 Å². The van der Waals surface area contributed by atoms with Crippen LogP contribution in [0.4, 0.5) is 5.69 Å². The number of thiophene rings is 1. The number of benzene rings is 1. The van der Waals surface area contributed by atoms with E-state index in [2.05, 4.69) is 56.3 Å². The molecule has 0 fully saturated rings. The summed E-state index contributed by atoms with van der Waals surface area (Å²) in [6.07, 6.45) is 2.35. The van der Waals surface area contributed by atoms with Gasteiger partial charge in [-0.05, 0) is 41.5 Å². The van der Waals surface area contributed by atoms with Crippen LogP contribution in [0.5, 0.6) is 0 Å². The van der Waals surface area contributed by atoms with E-state index < -0.39 is 0 Å². The van der Waals surface area contributed by atoms with Crippen molar-refractivity contribution in [2.45, 2.75) is 18.9 Å². The van der Waals surface area contributed by atoms with E-state index in [1.54, 1.807) is 11.3 Å². The van der Waals surface area contributed by atoms with Gasteiger partial charge in [-0.25, -0.2) is 0 Å². The van der Waals surface area contributed by atoms with Gasteiger partial charge in [0.2, 0.25) is 0 Å². The second-order valence-corrected chi connectivity index (χ2v) is 5.69. The Morgan fingerprint density at radius 1 is 1.31 bits per heavy atom. The number of rotatable bonds is 2. The van der Waals surface area contributed by atoms with Gasteiger partial charge in [-0.1, -0.05) is 28.1 Å². The molecule has 1 unspecified atom stereocenters. The summed E-state index contributed by atoms with van der Waals surface area (Å²) in [6.45, 7) is 0. The summed E-state index contributed by atoms with van der Waals surface area (Å²) in [4.78, 5) is 0. The lowest BCUT2D eigenvalue weighted by molar-refractivity contribution is 0.762. The first-order valence-corrected chi connectivity index (χ1v) is 7.14. The zero-order chi connectivity index (χ0) is 11.0. The minimum absolute atomic E-state index is 0.474. The topological polar surface area (TPSA) is 12.0 Å². The highest BCUT2D eigenvalue weighted by Crippen LogP contribution is 2.37. The third kappa shape index (κ3) is 1.78. The lowest BCUT2D eigenvalue weighted by Gasteiger charge is -2.14. The van der Waals surface area contributed by atoms with Crippen molar-refractivity contribution in [1.29, 1.82) is 0 Å². The Morgan fingerprint density at radius 2 is 2.25 bits per heavy atom. The fourth-order valence-corrected chi connectivity index (χ4v) is 3.48. The fraction of sp³-hybridized carbons (Fsp3) is 0.231. The van der Waals surface area contributed by atoms with Crippen molar-refractivity contribution in [2.24, 2.45) is 0 Å². The summed E-state index contributed by atoms with van der Waals surface area (Å²) in [5.74, 6) is 0. The smallest absolute Gasteiger partial charge is 0.0520 e. The maximum atomic E-state index is 3.63. The maximum absolute atomic E-state index is 3.63. The maximum Gasteiger partial charge on any atom is 0.0520 e. The third-order valence-electron chi connectivity index (χ3n) is 3.08. The van der Waals surface area contributed by atoms with Crippen LogP contribution in [0.2, 0.25) is 0 Å². The predicted octanol–water partition coefficient (Wildman–Crippen LogP) is 4.61. The largest absolute Gasteiger partial charge is 0.378 e. The molecule has 1 heterocycles. The molecule has 1 N–H and O–H groups in total. The molecule has 0 saturated heterocycles. The van der Waals surface area contributed by atoms with Gasteiger partial charge in [0, 0.05) is 15.5 Å². The van der Waals surface area contributed by atoms with E-state index in [-0.39, 0.29) is 0 Å². The zero-order valence-electron chi connectivity index (χ0n) is 8.74. The van der Waals surface area contributed by atoms with Gasteiger partial charge >= 0.3 is 0 Å². The van der Waals surface area contributed by atoms with Gasteiger partial charge in [-0.3, -0.25) is 0 Å². The van der Waals surface area contributed by atoms with E-state index in [0.717, 1.165) is 0 Å². The molecule has 0 spiro atoms. The molecular formula is C13H12BrNS. The summed E-state index contributed by atoms with van der Waals surface area (Å²) in [5.41, 5.74) is 4.15. The van der Waals surface area contributed by atoms with Gasteiger partial charge in [-0.2, -0.15) is 11.3 Å². The molecule has 1 nitrogen and oxygen atoms in total. The Hall–Kier alpha value is -0.800. The lowest BCUT2D eigenvalue weighted by Crippen LogP contribution is -2.05. The van der Waals surface area contributed by atoms with E-state index in [1.165, 1.54) is 34.1 Å². The number of nitrogens with one attached hydrogen (secondary N) is 1. The van der Waals surface area contributed by atoms with Crippen LogP contribution in [-0.4, -0.2) is 0 Å². The fourth-order valence-electron chi connectivity index (χ4n) is 2.31. The second-order valence-electron chi connectivity index (χ2n) is 4.06. The molecule has 1 aromatic heterocycles. The quantitative estimate of drug-likeness (QED) is 0.853. The highest BCUT2D eigenvalue weighted by Gasteiger charge is 2.23. The Morgan fingerprint density at radius 3 is 3.06 bits per heavy atom. The molecular weight excluding hydrogens is 282 g/mol. The van der Waals surface area contributed by atoms with Crippen LogP contribution in [0.25, 0.3) is 0 Å². The van der Waals surface area contributed by atoms with Gasteiger partial charge in [0.15, 0.2) is 0 Å². The minimum Gasteiger partial charge on any atom is -0.378 e. The lowest BCUT2D eigenvalue weighted by atomic mass is 10.1. The zero-order valence-corrected chi connectivity index (χ0v) is 11.1. The molecule has 82 valence electrons. The SMILES string of the molecule is Brc1cccc2c1CCC2Nc1ccsc1. The average Bonchev–Trinajstić information content (AvgIpc) is 2.90. The summed E-state index contributed by atoms with van der Waals surface area (Å²) in [6, 6.07) is 9.10. The second kappa shape index (κ2) is 4.22. The van der Waals surface area contributed by atoms with Crippen LogP contribution >= 0.6 is 27.3 Å². The molecule has 2 aromatic rings. The molecule has 3 rings (SSSR count). The summed E-state index contributed by atoms with van der Waals surface area (Å²) < 4.78 is 1.25. The van der Waals surface area contributed by atoms with Crippen molar-refractivity contribution in [1.82, 2.24) is 0 Å². The molecule has 0 bridgehead atoms. The van der Waals surface area contributed by atoms with Crippen molar-refractivity contribution in [3.8, 4) is 0 Å². The van der Waals surface area contributed by atoms with Crippen LogP contribution in [0.3, 0.4) is 0 Å². The van der Waals surface area contributed by atoms with E-state index in [4.69, 9.17) is 0 Å². The van der Waals surface area contributed by atoms with Crippen molar-refractivity contribution in [3.05, 3.63) is 50.6 Å². The summed E-state index contributed by atoms with van der Waals surface area (Å²) in [7, 11) is 0. The van der Waals surface area contributed by atoms with Gasteiger partial charge in [0.05, 0.1) is 6.04 Å². The number of hydrogen-bond acceptors (Lipinski definition) is 2. The number of hydrogen-bond donors (Lipinski definition) is 1. The van der Waals surface area contributed by atoms with Crippen molar-refractivity contribution >= 4 is 33.0 Å². The molecule has 0 radical (unpaired) electrons. The molecule has 0 aliphatic heterocycles. The molecule has 3 heteroatoms. The van der Waals surface area contributed by atoms with Crippen LogP contribution in [0.1, 0.15) is 23.6 Å². The molecule has 1 aliphatic rings. The number of anilines is 1. The first-order valence-electron chi connectivity index (χ1n) is 5.40. The summed E-state index contributed by atoms with van der Waals surface area (Å²) >= 11 is 5.36. The Labute approximate surface area is 108 Å². The molecule has 0 saturated carbocycles. The number of halogens is 1. The Balaban J connectivity index is 1.89. The normalized spacial score (nSPS) is 18.4. The monoisotopic (exact) mass is 293 g/mol. The Kier molecular flexibility index (Phi) is 2.74. The first kappa shape index (κ1) is 10.4. The first-order chi connectivity index (χ1) is 7.84. The molecule has 1 atom stereocenters. The van der Waals surface area contributed by atoms with Crippen molar-refractivity contribution in [3.63, 3.8) is 0 Å². The average molecular weight is 294 g/mol. The standard InChI is InChI=1S/C13H12BrNS/c14-12-3-1-2-11-10(12)4-5-13(11)15-9-6-7-16-8-9/h1-3,6-8,13,15H,4-5H2. The van der Waals surface area contributed by atoms with E-state index >= 15 is 0 Å². The van der Waals surface area contributed by atoms with Crippen LogP contribution in [0.15, 0.2) is 39.5 Å². The van der Waals surface area contributed by atoms with E-state index in [0.29, 0.717) is 6.04 Å². The van der Waals surface area contributed by atoms with E-state index in [1.807, 2.05) is 0 Å². The highest BCUT2D eigenvalue weighted by molar-refractivity contribution is 9.10. The molecule has 1 aromatic carbocycles. The molecule has 16 heavy (non-hydrogen) atoms. The number of fused-ring (bicyclic) bond motifs is 1. The predicted molar refractivity (Wildman–Crippen MR) is 73.1 cm³/mol. The van der Waals surface area contributed by atoms with Crippen molar-refractivity contribution in [2.75, 3.05) is 5.32 Å². The summed E-state index contributed by atoms with van der Waals surface area (Å²) in [5, 5.41) is 7.87. The minimum atomic E-state index is 0.474. The van der Waals surface area contributed by atoms with Crippen LogP contribution in [0, 0.1) is 0 Å².